The summed E-state index contributed by atoms with van der Waals surface area (Å²) >= 11 is 0. The molecule has 4 saturated carbocycles. The van der Waals surface area contributed by atoms with Crippen molar-refractivity contribution in [1.82, 2.24) is 0 Å². The number of fused-ring (bicyclic) bond motifs is 5. The van der Waals surface area contributed by atoms with Crippen molar-refractivity contribution in [3.8, 4) is 0 Å². The second-order valence-corrected chi connectivity index (χ2v) is 8.74. The van der Waals surface area contributed by atoms with Crippen LogP contribution in [0.25, 0.3) is 0 Å². The average molecular weight is 292 g/mol. The summed E-state index contributed by atoms with van der Waals surface area (Å²) in [6.45, 7) is 2.39. The Bertz CT molecular complexity index is 395. The molecule has 4 rings (SSSR count). The van der Waals surface area contributed by atoms with Gasteiger partial charge in [0.05, 0.1) is 12.2 Å². The van der Waals surface area contributed by atoms with Crippen LogP contribution in [0.1, 0.15) is 64.7 Å². The Hall–Kier alpha value is -0.0800. The molecule has 120 valence electrons. The predicted molar refractivity (Wildman–Crippen MR) is 83.9 cm³/mol. The third-order valence-electron chi connectivity index (χ3n) is 8.19. The fourth-order valence-electron chi connectivity index (χ4n) is 7.00. The Morgan fingerprint density at radius 1 is 0.905 bits per heavy atom. The summed E-state index contributed by atoms with van der Waals surface area (Å²) in [5.41, 5.74) is 0.248. The van der Waals surface area contributed by atoms with E-state index in [1.165, 1.54) is 51.4 Å². The first-order valence-electron chi connectivity index (χ1n) is 9.34. The van der Waals surface area contributed by atoms with E-state index in [0.29, 0.717) is 6.10 Å². The number of hydrogen-bond acceptors (Lipinski definition) is 2. The van der Waals surface area contributed by atoms with Crippen LogP contribution in [0.2, 0.25) is 0 Å². The van der Waals surface area contributed by atoms with Gasteiger partial charge in [0.25, 0.3) is 0 Å². The van der Waals surface area contributed by atoms with Crippen LogP contribution in [0.15, 0.2) is 0 Å². The lowest BCUT2D eigenvalue weighted by Crippen LogP contribution is -2.49. The molecule has 4 aliphatic carbocycles. The van der Waals surface area contributed by atoms with E-state index in [9.17, 15) is 5.11 Å². The maximum absolute atomic E-state index is 10.5. The molecule has 4 aliphatic rings. The minimum Gasteiger partial charge on any atom is -0.393 e. The third kappa shape index (κ3) is 2.12. The van der Waals surface area contributed by atoms with Gasteiger partial charge >= 0.3 is 0 Å². The highest BCUT2D eigenvalue weighted by molar-refractivity contribution is 5.06. The largest absolute Gasteiger partial charge is 0.393 e. The summed E-state index contributed by atoms with van der Waals surface area (Å²) in [5.74, 6) is 4.59. The van der Waals surface area contributed by atoms with Crippen molar-refractivity contribution >= 4 is 0 Å². The maximum Gasteiger partial charge on any atom is 0.0596 e. The van der Waals surface area contributed by atoms with Crippen LogP contribution in [-0.4, -0.2) is 24.4 Å². The van der Waals surface area contributed by atoms with E-state index in [1.807, 2.05) is 7.11 Å². The third-order valence-corrected chi connectivity index (χ3v) is 8.19. The molecule has 0 amide bonds. The molecular formula is C19H32O2. The van der Waals surface area contributed by atoms with Gasteiger partial charge in [-0.1, -0.05) is 6.92 Å². The van der Waals surface area contributed by atoms with Crippen molar-refractivity contribution in [3.05, 3.63) is 0 Å². The quantitative estimate of drug-likeness (QED) is 0.791. The summed E-state index contributed by atoms with van der Waals surface area (Å²) in [4.78, 5) is 0. The molecule has 0 saturated heterocycles. The van der Waals surface area contributed by atoms with Crippen LogP contribution >= 0.6 is 0 Å². The molecule has 8 unspecified atom stereocenters. The highest BCUT2D eigenvalue weighted by Crippen LogP contribution is 2.62. The Morgan fingerprint density at radius 2 is 1.71 bits per heavy atom. The Kier molecular flexibility index (Phi) is 3.61. The molecule has 0 aromatic carbocycles. The molecule has 0 aromatic heterocycles. The Labute approximate surface area is 129 Å². The number of aliphatic hydroxyl groups is 1. The minimum atomic E-state index is -0.0228. The van der Waals surface area contributed by atoms with Gasteiger partial charge in [-0.2, -0.15) is 0 Å². The lowest BCUT2D eigenvalue weighted by atomic mass is 9.50. The van der Waals surface area contributed by atoms with Crippen molar-refractivity contribution in [2.24, 2.45) is 35.0 Å². The summed E-state index contributed by atoms with van der Waals surface area (Å²) in [5, 5.41) is 10.5. The number of methoxy groups -OCH3 is 1. The monoisotopic (exact) mass is 292 g/mol. The number of aliphatic hydroxyl groups excluding tert-OH is 1. The molecule has 0 aliphatic heterocycles. The summed E-state index contributed by atoms with van der Waals surface area (Å²) in [6.07, 6.45) is 12.4. The lowest BCUT2D eigenvalue weighted by molar-refractivity contribution is -0.0947. The molecular weight excluding hydrogens is 260 g/mol. The van der Waals surface area contributed by atoms with Gasteiger partial charge in [-0.15, -0.1) is 0 Å². The second kappa shape index (κ2) is 5.23. The summed E-state index contributed by atoms with van der Waals surface area (Å²) in [6, 6.07) is 0. The first kappa shape index (κ1) is 14.5. The van der Waals surface area contributed by atoms with Crippen molar-refractivity contribution in [2.45, 2.75) is 76.9 Å². The molecule has 1 N–H and O–H groups in total. The van der Waals surface area contributed by atoms with Gasteiger partial charge in [0, 0.05) is 7.11 Å². The van der Waals surface area contributed by atoms with Crippen LogP contribution in [0.4, 0.5) is 0 Å². The van der Waals surface area contributed by atoms with E-state index in [-0.39, 0.29) is 11.5 Å². The van der Waals surface area contributed by atoms with Crippen LogP contribution < -0.4 is 0 Å². The van der Waals surface area contributed by atoms with E-state index in [2.05, 4.69) is 6.92 Å². The zero-order valence-electron chi connectivity index (χ0n) is 13.8. The number of hydrogen-bond donors (Lipinski definition) is 1. The van der Waals surface area contributed by atoms with Crippen molar-refractivity contribution in [3.63, 3.8) is 0 Å². The molecule has 0 spiro atoms. The molecule has 0 radical (unpaired) electrons. The topological polar surface area (TPSA) is 29.5 Å². The van der Waals surface area contributed by atoms with Gasteiger partial charge < -0.3 is 9.84 Å². The average Bonchev–Trinajstić information content (AvgIpc) is 2.82. The maximum atomic E-state index is 10.5. The van der Waals surface area contributed by atoms with Gasteiger partial charge in [0.2, 0.25) is 0 Å². The fraction of sp³-hybridized carbons (Fsp3) is 1.00. The minimum absolute atomic E-state index is 0.0228. The van der Waals surface area contributed by atoms with E-state index < -0.39 is 0 Å². The van der Waals surface area contributed by atoms with Crippen molar-refractivity contribution in [2.75, 3.05) is 7.11 Å². The Balaban J connectivity index is 1.53. The summed E-state index contributed by atoms with van der Waals surface area (Å²) in [7, 11) is 1.89. The van der Waals surface area contributed by atoms with Gasteiger partial charge in [-0.25, -0.2) is 0 Å². The zero-order valence-corrected chi connectivity index (χ0v) is 13.8. The normalized spacial score (nSPS) is 56.4. The first-order valence-corrected chi connectivity index (χ1v) is 9.34. The SMILES string of the molecule is COC1CCC2C(CCC3C2CCC2(C)C(O)CCC32)C1. The molecule has 2 heteroatoms. The van der Waals surface area contributed by atoms with Crippen LogP contribution in [0.3, 0.4) is 0 Å². The van der Waals surface area contributed by atoms with Crippen LogP contribution in [-0.2, 0) is 4.74 Å². The van der Waals surface area contributed by atoms with Gasteiger partial charge in [0.1, 0.15) is 0 Å². The van der Waals surface area contributed by atoms with E-state index in [0.717, 1.165) is 36.0 Å². The molecule has 8 atom stereocenters. The van der Waals surface area contributed by atoms with Crippen LogP contribution in [0, 0.1) is 35.0 Å². The number of ether oxygens (including phenoxy) is 1. The van der Waals surface area contributed by atoms with E-state index in [4.69, 9.17) is 4.74 Å². The smallest absolute Gasteiger partial charge is 0.0596 e. The summed E-state index contributed by atoms with van der Waals surface area (Å²) < 4.78 is 5.64. The fourth-order valence-corrected chi connectivity index (χ4v) is 7.00. The van der Waals surface area contributed by atoms with Gasteiger partial charge in [-0.3, -0.25) is 0 Å². The zero-order chi connectivity index (χ0) is 14.6. The molecule has 0 heterocycles. The molecule has 4 fully saturated rings. The van der Waals surface area contributed by atoms with Gasteiger partial charge in [-0.05, 0) is 92.8 Å². The molecule has 21 heavy (non-hydrogen) atoms. The van der Waals surface area contributed by atoms with Crippen molar-refractivity contribution < 1.29 is 9.84 Å². The molecule has 0 bridgehead atoms. The highest BCUT2D eigenvalue weighted by atomic mass is 16.5. The standard InChI is InChI=1S/C19H32O2/c1-19-10-9-15-14-6-4-13(21-2)11-12(14)3-5-16(15)17(19)7-8-18(19)20/h12-18,20H,3-11H2,1-2H3. The number of rotatable bonds is 1. The van der Waals surface area contributed by atoms with Crippen LogP contribution in [0.5, 0.6) is 0 Å². The van der Waals surface area contributed by atoms with E-state index in [1.54, 1.807) is 0 Å². The molecule has 0 aromatic rings. The lowest BCUT2D eigenvalue weighted by Gasteiger charge is -2.55. The highest BCUT2D eigenvalue weighted by Gasteiger charge is 2.56. The van der Waals surface area contributed by atoms with E-state index >= 15 is 0 Å². The first-order chi connectivity index (χ1) is 10.1. The molecule has 2 nitrogen and oxygen atoms in total. The van der Waals surface area contributed by atoms with Gasteiger partial charge in [0.15, 0.2) is 0 Å². The predicted octanol–water partition coefficient (Wildman–Crippen LogP) is 4.01. The second-order valence-electron chi connectivity index (χ2n) is 8.74. The Morgan fingerprint density at radius 3 is 2.52 bits per heavy atom. The van der Waals surface area contributed by atoms with Crippen molar-refractivity contribution in [1.29, 1.82) is 0 Å².